The van der Waals surface area contributed by atoms with Gasteiger partial charge in [0.05, 0.1) is 11.9 Å². The minimum atomic E-state index is -3.80. The van der Waals surface area contributed by atoms with Gasteiger partial charge in [0.25, 0.3) is 0 Å². The molecule has 0 bridgehead atoms. The van der Waals surface area contributed by atoms with Crippen molar-refractivity contribution in [3.8, 4) is 0 Å². The SMILES string of the molecule is CCCNC(=O)[C@H](CC)N(Cc1ccc(F)cc1)C(=O)CN(c1cc(C)ccc1C)S(C)(=O)=O. The number of carbonyl (C=O) groups excluding carboxylic acids is 2. The van der Waals surface area contributed by atoms with Crippen molar-refractivity contribution in [3.63, 3.8) is 0 Å². The highest BCUT2D eigenvalue weighted by atomic mass is 32.2. The van der Waals surface area contributed by atoms with E-state index in [1.807, 2.05) is 19.9 Å². The van der Waals surface area contributed by atoms with E-state index in [2.05, 4.69) is 5.32 Å². The summed E-state index contributed by atoms with van der Waals surface area (Å²) in [7, 11) is -3.80. The molecule has 2 aromatic carbocycles. The molecule has 186 valence electrons. The highest BCUT2D eigenvalue weighted by Crippen LogP contribution is 2.25. The van der Waals surface area contributed by atoms with Gasteiger partial charge in [-0.25, -0.2) is 12.8 Å². The monoisotopic (exact) mass is 491 g/mol. The van der Waals surface area contributed by atoms with Crippen LogP contribution < -0.4 is 9.62 Å². The Bertz CT molecular complexity index is 1100. The van der Waals surface area contributed by atoms with Gasteiger partial charge in [0.1, 0.15) is 18.4 Å². The second kappa shape index (κ2) is 12.0. The number of nitrogens with zero attached hydrogens (tertiary/aromatic N) is 2. The van der Waals surface area contributed by atoms with Gasteiger partial charge in [-0.1, -0.05) is 38.1 Å². The largest absolute Gasteiger partial charge is 0.354 e. The van der Waals surface area contributed by atoms with Crippen LogP contribution in [0.1, 0.15) is 43.4 Å². The number of hydrogen-bond acceptors (Lipinski definition) is 4. The molecule has 7 nitrogen and oxygen atoms in total. The van der Waals surface area contributed by atoms with Gasteiger partial charge in [-0.05, 0) is 61.6 Å². The van der Waals surface area contributed by atoms with E-state index in [1.165, 1.54) is 17.0 Å². The number of benzene rings is 2. The van der Waals surface area contributed by atoms with E-state index in [-0.39, 0.29) is 12.5 Å². The van der Waals surface area contributed by atoms with E-state index in [1.54, 1.807) is 38.1 Å². The number of rotatable bonds is 11. The average Bonchev–Trinajstić information content (AvgIpc) is 2.78. The van der Waals surface area contributed by atoms with Crippen molar-refractivity contribution < 1.29 is 22.4 Å². The molecule has 1 atom stereocenters. The van der Waals surface area contributed by atoms with Gasteiger partial charge in [-0.2, -0.15) is 0 Å². The van der Waals surface area contributed by atoms with Crippen LogP contribution in [0.25, 0.3) is 0 Å². The molecule has 0 aromatic heterocycles. The van der Waals surface area contributed by atoms with Crippen LogP contribution >= 0.6 is 0 Å². The first-order chi connectivity index (χ1) is 16.0. The molecule has 0 unspecified atom stereocenters. The van der Waals surface area contributed by atoms with Gasteiger partial charge in [-0.3, -0.25) is 13.9 Å². The summed E-state index contributed by atoms with van der Waals surface area (Å²) in [6, 6.07) is 10.3. The highest BCUT2D eigenvalue weighted by molar-refractivity contribution is 7.92. The predicted molar refractivity (Wildman–Crippen MR) is 132 cm³/mol. The Hall–Kier alpha value is -2.94. The van der Waals surface area contributed by atoms with Crippen molar-refractivity contribution in [2.24, 2.45) is 0 Å². The van der Waals surface area contributed by atoms with E-state index in [0.29, 0.717) is 29.8 Å². The zero-order chi connectivity index (χ0) is 25.5. The van der Waals surface area contributed by atoms with E-state index in [9.17, 15) is 22.4 Å². The molecule has 2 amide bonds. The van der Waals surface area contributed by atoms with Gasteiger partial charge in [-0.15, -0.1) is 0 Å². The zero-order valence-electron chi connectivity index (χ0n) is 20.5. The topological polar surface area (TPSA) is 86.8 Å². The molecule has 0 aliphatic carbocycles. The fourth-order valence-corrected chi connectivity index (χ4v) is 4.55. The summed E-state index contributed by atoms with van der Waals surface area (Å²) >= 11 is 0. The number of nitrogens with one attached hydrogen (secondary N) is 1. The lowest BCUT2D eigenvalue weighted by molar-refractivity contribution is -0.140. The normalized spacial score (nSPS) is 12.2. The third-order valence-electron chi connectivity index (χ3n) is 5.51. The maximum Gasteiger partial charge on any atom is 0.244 e. The molecular formula is C25H34FN3O4S. The second-order valence-corrected chi connectivity index (χ2v) is 10.3. The third kappa shape index (κ3) is 7.28. The van der Waals surface area contributed by atoms with Crippen LogP contribution in [0.5, 0.6) is 0 Å². The van der Waals surface area contributed by atoms with Crippen LogP contribution in [0, 0.1) is 19.7 Å². The Kier molecular flexibility index (Phi) is 9.61. The number of anilines is 1. The van der Waals surface area contributed by atoms with Crippen LogP contribution in [0.3, 0.4) is 0 Å². The van der Waals surface area contributed by atoms with Crippen molar-refractivity contribution in [2.75, 3.05) is 23.7 Å². The number of aryl methyl sites for hydroxylation is 2. The van der Waals surface area contributed by atoms with Gasteiger partial charge >= 0.3 is 0 Å². The van der Waals surface area contributed by atoms with Gasteiger partial charge in [0.15, 0.2) is 0 Å². The van der Waals surface area contributed by atoms with E-state index < -0.39 is 34.3 Å². The molecular weight excluding hydrogens is 457 g/mol. The average molecular weight is 492 g/mol. The summed E-state index contributed by atoms with van der Waals surface area (Å²) < 4.78 is 39.9. The molecule has 0 saturated heterocycles. The van der Waals surface area contributed by atoms with E-state index >= 15 is 0 Å². The number of hydrogen-bond donors (Lipinski definition) is 1. The maximum atomic E-state index is 13.6. The van der Waals surface area contributed by atoms with Crippen molar-refractivity contribution in [2.45, 2.75) is 53.1 Å². The van der Waals surface area contributed by atoms with Crippen LogP contribution in [0.15, 0.2) is 42.5 Å². The summed E-state index contributed by atoms with van der Waals surface area (Å²) in [5.74, 6) is -1.24. The first-order valence-electron chi connectivity index (χ1n) is 11.3. The fourth-order valence-electron chi connectivity index (χ4n) is 3.65. The van der Waals surface area contributed by atoms with Crippen LogP contribution in [-0.2, 0) is 26.2 Å². The predicted octanol–water partition coefficient (Wildman–Crippen LogP) is 3.54. The highest BCUT2D eigenvalue weighted by Gasteiger charge is 2.32. The number of sulfonamides is 1. The first-order valence-corrected chi connectivity index (χ1v) is 13.2. The first kappa shape index (κ1) is 27.3. The van der Waals surface area contributed by atoms with Crippen molar-refractivity contribution in [1.82, 2.24) is 10.2 Å². The minimum absolute atomic E-state index is 0.0432. The standard InChI is InChI=1S/C25H34FN3O4S/c1-6-14-27-25(31)22(7-2)28(16-20-10-12-21(26)13-11-20)24(30)17-29(34(5,32)33)23-15-18(3)8-9-19(23)4/h8-13,15,22H,6-7,14,16-17H2,1-5H3,(H,27,31)/t22-/m0/s1. The Morgan fingerprint density at radius 1 is 1.06 bits per heavy atom. The molecule has 0 heterocycles. The summed E-state index contributed by atoms with van der Waals surface area (Å²) in [5.41, 5.74) is 2.62. The van der Waals surface area contributed by atoms with E-state index in [4.69, 9.17) is 0 Å². The molecule has 0 radical (unpaired) electrons. The third-order valence-corrected chi connectivity index (χ3v) is 6.64. The second-order valence-electron chi connectivity index (χ2n) is 8.42. The summed E-state index contributed by atoms with van der Waals surface area (Å²) in [6.45, 7) is 7.39. The smallest absolute Gasteiger partial charge is 0.244 e. The van der Waals surface area contributed by atoms with Crippen LogP contribution in [-0.4, -0.2) is 50.5 Å². The summed E-state index contributed by atoms with van der Waals surface area (Å²) in [4.78, 5) is 27.8. The minimum Gasteiger partial charge on any atom is -0.354 e. The van der Waals surface area contributed by atoms with Crippen molar-refractivity contribution in [3.05, 3.63) is 65.0 Å². The van der Waals surface area contributed by atoms with E-state index in [0.717, 1.165) is 22.5 Å². The lowest BCUT2D eigenvalue weighted by Crippen LogP contribution is -2.52. The van der Waals surface area contributed by atoms with Gasteiger partial charge < -0.3 is 10.2 Å². The fraction of sp³-hybridized carbons (Fsp3) is 0.440. The Balaban J connectivity index is 2.45. The molecule has 0 fully saturated rings. The lowest BCUT2D eigenvalue weighted by atomic mass is 10.1. The Labute approximate surface area is 202 Å². The summed E-state index contributed by atoms with van der Waals surface area (Å²) in [6.07, 6.45) is 2.13. The molecule has 0 aliphatic rings. The number of halogens is 1. The molecule has 0 saturated carbocycles. The Morgan fingerprint density at radius 2 is 1.71 bits per heavy atom. The van der Waals surface area contributed by atoms with Crippen LogP contribution in [0.4, 0.5) is 10.1 Å². The molecule has 1 N–H and O–H groups in total. The maximum absolute atomic E-state index is 13.6. The molecule has 0 spiro atoms. The molecule has 34 heavy (non-hydrogen) atoms. The van der Waals surface area contributed by atoms with Crippen LogP contribution in [0.2, 0.25) is 0 Å². The zero-order valence-corrected chi connectivity index (χ0v) is 21.3. The van der Waals surface area contributed by atoms with Gasteiger partial charge in [0.2, 0.25) is 21.8 Å². The summed E-state index contributed by atoms with van der Waals surface area (Å²) in [5, 5.41) is 2.82. The molecule has 0 aliphatic heterocycles. The molecule has 2 rings (SSSR count). The lowest BCUT2D eigenvalue weighted by Gasteiger charge is -2.33. The quantitative estimate of drug-likeness (QED) is 0.521. The number of carbonyl (C=O) groups is 2. The molecule has 9 heteroatoms. The molecule has 2 aromatic rings. The van der Waals surface area contributed by atoms with Gasteiger partial charge in [0, 0.05) is 13.1 Å². The van der Waals surface area contributed by atoms with Crippen molar-refractivity contribution >= 4 is 27.5 Å². The number of amides is 2. The van der Waals surface area contributed by atoms with Crippen molar-refractivity contribution in [1.29, 1.82) is 0 Å². The Morgan fingerprint density at radius 3 is 2.26 bits per heavy atom.